The lowest BCUT2D eigenvalue weighted by molar-refractivity contribution is 0.600. The summed E-state index contributed by atoms with van der Waals surface area (Å²) in [7, 11) is 1.68. The van der Waals surface area contributed by atoms with Crippen molar-refractivity contribution in [3.05, 3.63) is 57.0 Å². The van der Waals surface area contributed by atoms with Crippen LogP contribution in [0.1, 0.15) is 27.8 Å². The number of aryl methyl sites for hydroxylation is 1. The van der Waals surface area contributed by atoms with Gasteiger partial charge in [0.15, 0.2) is 5.96 Å². The molecule has 126 valence electrons. The van der Waals surface area contributed by atoms with E-state index in [-0.39, 0.29) is 18.4 Å². The molecule has 0 spiro atoms. The van der Waals surface area contributed by atoms with Crippen molar-refractivity contribution >= 4 is 17.3 Å². The van der Waals surface area contributed by atoms with E-state index in [1.54, 1.807) is 24.5 Å². The summed E-state index contributed by atoms with van der Waals surface area (Å²) in [4.78, 5) is 6.79. The molecule has 4 nitrogen and oxygen atoms in total. The lowest BCUT2D eigenvalue weighted by atomic mass is 10.1. The van der Waals surface area contributed by atoms with Gasteiger partial charge in [-0.2, -0.15) is 5.26 Å². The Hall–Kier alpha value is -2.39. The number of nitriles is 1. The molecule has 0 aliphatic carbocycles. The summed E-state index contributed by atoms with van der Waals surface area (Å²) in [5.74, 6) is 0.275. The quantitative estimate of drug-likeness (QED) is 0.646. The fourth-order valence-corrected chi connectivity index (χ4v) is 3.35. The predicted molar refractivity (Wildman–Crippen MR) is 96.7 cm³/mol. The van der Waals surface area contributed by atoms with Crippen molar-refractivity contribution in [1.29, 1.82) is 5.26 Å². The fraction of sp³-hybridized carbons (Fsp3) is 0.333. The molecule has 24 heavy (non-hydrogen) atoms. The third kappa shape index (κ3) is 5.07. The summed E-state index contributed by atoms with van der Waals surface area (Å²) in [5, 5.41) is 15.3. The van der Waals surface area contributed by atoms with Crippen molar-refractivity contribution in [2.45, 2.75) is 32.9 Å². The minimum atomic E-state index is -0.334. The van der Waals surface area contributed by atoms with Crippen molar-refractivity contribution in [3.8, 4) is 6.07 Å². The second-order valence-electron chi connectivity index (χ2n) is 5.61. The molecule has 0 radical (unpaired) electrons. The molecule has 0 aliphatic rings. The molecule has 0 saturated heterocycles. The highest BCUT2D eigenvalue weighted by molar-refractivity contribution is 7.11. The lowest BCUT2D eigenvalue weighted by Crippen LogP contribution is -2.42. The molecule has 0 bridgehead atoms. The number of rotatable bonds is 5. The second kappa shape index (κ2) is 8.46. The van der Waals surface area contributed by atoms with Crippen LogP contribution in [0.4, 0.5) is 4.39 Å². The topological polar surface area (TPSA) is 60.2 Å². The summed E-state index contributed by atoms with van der Waals surface area (Å²) < 4.78 is 13.8. The molecule has 2 aromatic rings. The van der Waals surface area contributed by atoms with Gasteiger partial charge in [-0.15, -0.1) is 11.3 Å². The lowest BCUT2D eigenvalue weighted by Gasteiger charge is -2.17. The van der Waals surface area contributed by atoms with Gasteiger partial charge in [0.05, 0.1) is 11.6 Å². The molecule has 0 aliphatic heterocycles. The largest absolute Gasteiger partial charge is 0.354 e. The van der Waals surface area contributed by atoms with Crippen molar-refractivity contribution in [1.82, 2.24) is 10.6 Å². The zero-order valence-corrected chi connectivity index (χ0v) is 14.9. The third-order valence-corrected chi connectivity index (χ3v) is 4.55. The Labute approximate surface area is 146 Å². The molecular weight excluding hydrogens is 323 g/mol. The zero-order valence-electron chi connectivity index (χ0n) is 14.1. The first-order chi connectivity index (χ1) is 11.5. The molecule has 0 fully saturated rings. The van der Waals surface area contributed by atoms with E-state index in [0.29, 0.717) is 17.1 Å². The number of thiophene rings is 1. The van der Waals surface area contributed by atoms with Crippen LogP contribution in [-0.2, 0) is 13.0 Å². The van der Waals surface area contributed by atoms with Gasteiger partial charge in [-0.05, 0) is 44.2 Å². The Morgan fingerprint density at radius 3 is 2.79 bits per heavy atom. The zero-order chi connectivity index (χ0) is 17.5. The first kappa shape index (κ1) is 18.0. The van der Waals surface area contributed by atoms with E-state index < -0.39 is 0 Å². The van der Waals surface area contributed by atoms with Gasteiger partial charge >= 0.3 is 0 Å². The number of guanidine groups is 1. The summed E-state index contributed by atoms with van der Waals surface area (Å²) in [6, 6.07) is 10.8. The molecule has 6 heteroatoms. The van der Waals surface area contributed by atoms with E-state index in [2.05, 4.69) is 41.6 Å². The molecule has 2 N–H and O–H groups in total. The van der Waals surface area contributed by atoms with Crippen LogP contribution in [0, 0.1) is 24.1 Å². The third-order valence-electron chi connectivity index (χ3n) is 3.53. The van der Waals surface area contributed by atoms with E-state index in [0.717, 1.165) is 6.42 Å². The van der Waals surface area contributed by atoms with Crippen LogP contribution in [0.2, 0.25) is 0 Å². The summed E-state index contributed by atoms with van der Waals surface area (Å²) in [5.41, 5.74) is 0.885. The molecule has 1 heterocycles. The van der Waals surface area contributed by atoms with E-state index >= 15 is 0 Å². The summed E-state index contributed by atoms with van der Waals surface area (Å²) in [6.07, 6.45) is 0.900. The number of nitrogens with zero attached hydrogens (tertiary/aromatic N) is 2. The van der Waals surface area contributed by atoms with Crippen LogP contribution >= 0.6 is 11.3 Å². The van der Waals surface area contributed by atoms with Gasteiger partial charge in [-0.1, -0.05) is 0 Å². The SMILES string of the molecule is CN=C(NCc1cc(C#N)ccc1F)NC(C)Cc1ccc(C)s1. The first-order valence-electron chi connectivity index (χ1n) is 7.73. The first-order valence-corrected chi connectivity index (χ1v) is 8.54. The van der Waals surface area contributed by atoms with Crippen LogP contribution in [0.15, 0.2) is 35.3 Å². The van der Waals surface area contributed by atoms with Gasteiger partial charge in [0.2, 0.25) is 0 Å². The smallest absolute Gasteiger partial charge is 0.191 e. The summed E-state index contributed by atoms with van der Waals surface area (Å²) in [6.45, 7) is 4.45. The monoisotopic (exact) mass is 344 g/mol. The molecular formula is C18H21FN4S. The van der Waals surface area contributed by atoms with Crippen molar-refractivity contribution < 1.29 is 4.39 Å². The summed E-state index contributed by atoms with van der Waals surface area (Å²) >= 11 is 1.79. The average Bonchev–Trinajstić information content (AvgIpc) is 2.97. The van der Waals surface area contributed by atoms with Gasteiger partial charge in [0.25, 0.3) is 0 Å². The van der Waals surface area contributed by atoms with Crippen LogP contribution in [0.25, 0.3) is 0 Å². The Balaban J connectivity index is 1.92. The molecule has 2 rings (SSSR count). The maximum Gasteiger partial charge on any atom is 0.191 e. The van der Waals surface area contributed by atoms with E-state index in [1.807, 2.05) is 6.07 Å². The van der Waals surface area contributed by atoms with Gasteiger partial charge in [-0.25, -0.2) is 4.39 Å². The molecule has 1 aromatic heterocycles. The van der Waals surface area contributed by atoms with Crippen LogP contribution in [0.5, 0.6) is 0 Å². The Morgan fingerprint density at radius 1 is 1.38 bits per heavy atom. The standard InChI is InChI=1S/C18H21FN4S/c1-12(8-16-6-4-13(2)24-16)23-18(21-3)22-11-15-9-14(10-20)5-7-17(15)19/h4-7,9,12H,8,11H2,1-3H3,(H2,21,22,23). The fourth-order valence-electron chi connectivity index (χ4n) is 2.33. The Kier molecular flexibility index (Phi) is 6.33. The highest BCUT2D eigenvalue weighted by Gasteiger charge is 2.09. The minimum absolute atomic E-state index is 0.199. The maximum absolute atomic E-state index is 13.8. The van der Waals surface area contributed by atoms with Gasteiger partial charge < -0.3 is 10.6 Å². The normalized spacial score (nSPS) is 12.5. The number of aliphatic imine (C=N–C) groups is 1. The molecule has 0 amide bonds. The number of halogens is 1. The average molecular weight is 344 g/mol. The van der Waals surface area contributed by atoms with Crippen LogP contribution in [-0.4, -0.2) is 19.0 Å². The number of nitrogens with one attached hydrogen (secondary N) is 2. The highest BCUT2D eigenvalue weighted by Crippen LogP contribution is 2.16. The predicted octanol–water partition coefficient (Wildman–Crippen LogP) is 3.36. The Morgan fingerprint density at radius 2 is 2.17 bits per heavy atom. The maximum atomic E-state index is 13.8. The van der Waals surface area contributed by atoms with E-state index in [4.69, 9.17) is 5.26 Å². The number of benzene rings is 1. The minimum Gasteiger partial charge on any atom is -0.354 e. The van der Waals surface area contributed by atoms with Crippen molar-refractivity contribution in [2.75, 3.05) is 7.05 Å². The van der Waals surface area contributed by atoms with E-state index in [1.165, 1.54) is 21.9 Å². The van der Waals surface area contributed by atoms with Crippen molar-refractivity contribution in [2.24, 2.45) is 4.99 Å². The highest BCUT2D eigenvalue weighted by atomic mass is 32.1. The second-order valence-corrected chi connectivity index (χ2v) is 6.98. The van der Waals surface area contributed by atoms with Crippen LogP contribution < -0.4 is 10.6 Å². The Bertz CT molecular complexity index is 761. The molecule has 1 atom stereocenters. The van der Waals surface area contributed by atoms with Gasteiger partial charge in [-0.3, -0.25) is 4.99 Å². The van der Waals surface area contributed by atoms with Crippen molar-refractivity contribution in [3.63, 3.8) is 0 Å². The molecule has 1 aromatic carbocycles. The van der Waals surface area contributed by atoms with E-state index in [9.17, 15) is 4.39 Å². The van der Waals surface area contributed by atoms with Gasteiger partial charge in [0.1, 0.15) is 5.82 Å². The van der Waals surface area contributed by atoms with Crippen LogP contribution in [0.3, 0.4) is 0 Å². The molecule has 1 unspecified atom stereocenters. The number of hydrogen-bond donors (Lipinski definition) is 2. The van der Waals surface area contributed by atoms with Gasteiger partial charge in [0, 0.05) is 41.4 Å². The molecule has 0 saturated carbocycles. The number of hydrogen-bond acceptors (Lipinski definition) is 3.